The van der Waals surface area contributed by atoms with Crippen LogP contribution in [0.4, 0.5) is 0 Å². The van der Waals surface area contributed by atoms with Gasteiger partial charge in [-0.2, -0.15) is 0 Å². The molecule has 0 fully saturated rings. The molecule has 1 amide bonds. The molecule has 0 aromatic heterocycles. The lowest BCUT2D eigenvalue weighted by atomic mass is 10.1. The van der Waals surface area contributed by atoms with Crippen molar-refractivity contribution < 1.29 is 9.90 Å². The van der Waals surface area contributed by atoms with Crippen molar-refractivity contribution in [1.29, 1.82) is 0 Å². The SMILES string of the molecule is CC(C)C(O)CNC(=O)c1ccc(Br)c(Cl)c1. The number of halogens is 2. The van der Waals surface area contributed by atoms with E-state index < -0.39 is 6.10 Å². The van der Waals surface area contributed by atoms with Crippen LogP contribution in [0.25, 0.3) is 0 Å². The summed E-state index contributed by atoms with van der Waals surface area (Å²) in [6.07, 6.45) is -0.537. The van der Waals surface area contributed by atoms with Gasteiger partial charge >= 0.3 is 0 Å². The minimum absolute atomic E-state index is 0.115. The fourth-order valence-corrected chi connectivity index (χ4v) is 1.60. The van der Waals surface area contributed by atoms with Crippen LogP contribution >= 0.6 is 27.5 Å². The van der Waals surface area contributed by atoms with Gasteiger partial charge in [0.15, 0.2) is 0 Å². The van der Waals surface area contributed by atoms with Crippen LogP contribution in [0.3, 0.4) is 0 Å². The van der Waals surface area contributed by atoms with Crippen molar-refractivity contribution in [3.05, 3.63) is 33.3 Å². The molecule has 1 rings (SSSR count). The van der Waals surface area contributed by atoms with Gasteiger partial charge in [0.1, 0.15) is 0 Å². The highest BCUT2D eigenvalue weighted by Gasteiger charge is 2.12. The van der Waals surface area contributed by atoms with Crippen LogP contribution < -0.4 is 5.32 Å². The van der Waals surface area contributed by atoms with Gasteiger partial charge in [-0.05, 0) is 40.0 Å². The third-order valence-electron chi connectivity index (χ3n) is 2.42. The fourth-order valence-electron chi connectivity index (χ4n) is 1.17. The Morgan fingerprint density at radius 2 is 2.18 bits per heavy atom. The zero-order valence-electron chi connectivity index (χ0n) is 9.71. The predicted molar refractivity (Wildman–Crippen MR) is 72.3 cm³/mol. The molecule has 17 heavy (non-hydrogen) atoms. The van der Waals surface area contributed by atoms with Crippen LogP contribution in [0.15, 0.2) is 22.7 Å². The van der Waals surface area contributed by atoms with Crippen molar-refractivity contribution in [3.8, 4) is 0 Å². The summed E-state index contributed by atoms with van der Waals surface area (Å²) in [4.78, 5) is 11.7. The zero-order chi connectivity index (χ0) is 13.0. The predicted octanol–water partition coefficient (Wildman–Crippen LogP) is 2.85. The second-order valence-electron chi connectivity index (χ2n) is 4.15. The number of nitrogens with one attached hydrogen (secondary N) is 1. The molecule has 0 aliphatic carbocycles. The van der Waals surface area contributed by atoms with E-state index in [2.05, 4.69) is 21.2 Å². The maximum atomic E-state index is 11.7. The minimum atomic E-state index is -0.537. The van der Waals surface area contributed by atoms with E-state index in [1.807, 2.05) is 13.8 Å². The van der Waals surface area contributed by atoms with Gasteiger partial charge in [0.25, 0.3) is 5.91 Å². The monoisotopic (exact) mass is 319 g/mol. The maximum Gasteiger partial charge on any atom is 0.251 e. The molecule has 0 bridgehead atoms. The van der Waals surface area contributed by atoms with Gasteiger partial charge in [0.05, 0.1) is 11.1 Å². The Hall–Kier alpha value is -0.580. The fraction of sp³-hybridized carbons (Fsp3) is 0.417. The molecular formula is C12H15BrClNO2. The molecule has 0 aliphatic heterocycles. The topological polar surface area (TPSA) is 49.3 Å². The first-order chi connectivity index (χ1) is 7.91. The summed E-state index contributed by atoms with van der Waals surface area (Å²) in [6.45, 7) is 4.03. The van der Waals surface area contributed by atoms with Crippen LogP contribution in [0.5, 0.6) is 0 Å². The van der Waals surface area contributed by atoms with Crippen molar-refractivity contribution in [2.75, 3.05) is 6.54 Å². The number of hydrogen-bond donors (Lipinski definition) is 2. The third kappa shape index (κ3) is 4.30. The molecule has 0 saturated heterocycles. The first-order valence-electron chi connectivity index (χ1n) is 5.33. The molecule has 0 saturated carbocycles. The second kappa shape index (κ2) is 6.38. The van der Waals surface area contributed by atoms with E-state index in [0.29, 0.717) is 10.6 Å². The number of rotatable bonds is 4. The molecule has 94 valence electrons. The smallest absolute Gasteiger partial charge is 0.251 e. The lowest BCUT2D eigenvalue weighted by Crippen LogP contribution is -2.34. The third-order valence-corrected chi connectivity index (χ3v) is 3.66. The average molecular weight is 321 g/mol. The number of benzene rings is 1. The Morgan fingerprint density at radius 3 is 2.71 bits per heavy atom. The highest BCUT2D eigenvalue weighted by Crippen LogP contribution is 2.23. The second-order valence-corrected chi connectivity index (χ2v) is 5.41. The van der Waals surface area contributed by atoms with Crippen LogP contribution in [-0.4, -0.2) is 23.7 Å². The van der Waals surface area contributed by atoms with Crippen LogP contribution in [-0.2, 0) is 0 Å². The van der Waals surface area contributed by atoms with Gasteiger partial charge in [0.2, 0.25) is 0 Å². The molecule has 5 heteroatoms. The van der Waals surface area contributed by atoms with Crippen molar-refractivity contribution in [2.24, 2.45) is 5.92 Å². The number of hydrogen-bond acceptors (Lipinski definition) is 2. The quantitative estimate of drug-likeness (QED) is 0.896. The van der Waals surface area contributed by atoms with E-state index >= 15 is 0 Å². The number of aliphatic hydroxyl groups excluding tert-OH is 1. The molecule has 0 spiro atoms. The van der Waals surface area contributed by atoms with E-state index in [1.54, 1.807) is 18.2 Å². The molecule has 1 aromatic rings. The molecule has 1 atom stereocenters. The van der Waals surface area contributed by atoms with Crippen molar-refractivity contribution in [3.63, 3.8) is 0 Å². The summed E-state index contributed by atoms with van der Waals surface area (Å²) in [7, 11) is 0. The summed E-state index contributed by atoms with van der Waals surface area (Å²) in [6, 6.07) is 4.98. The summed E-state index contributed by atoms with van der Waals surface area (Å²) in [5.41, 5.74) is 0.481. The molecule has 2 N–H and O–H groups in total. The number of amides is 1. The van der Waals surface area contributed by atoms with Crippen LogP contribution in [0.2, 0.25) is 5.02 Å². The highest BCUT2D eigenvalue weighted by atomic mass is 79.9. The zero-order valence-corrected chi connectivity index (χ0v) is 12.0. The molecule has 0 aliphatic rings. The molecule has 1 aromatic carbocycles. The Bertz CT molecular complexity index is 409. The maximum absolute atomic E-state index is 11.7. The normalized spacial score (nSPS) is 12.6. The number of carbonyl (C=O) groups is 1. The standard InChI is InChI=1S/C12H15BrClNO2/c1-7(2)11(16)6-15-12(17)8-3-4-9(13)10(14)5-8/h3-5,7,11,16H,6H2,1-2H3,(H,15,17). The van der Waals surface area contributed by atoms with Crippen molar-refractivity contribution >= 4 is 33.4 Å². The Labute approximate surface area is 114 Å². The Balaban J connectivity index is 2.61. The van der Waals surface area contributed by atoms with E-state index in [-0.39, 0.29) is 18.4 Å². The summed E-state index contributed by atoms with van der Waals surface area (Å²) >= 11 is 9.15. The molecule has 0 heterocycles. The minimum Gasteiger partial charge on any atom is -0.391 e. The first-order valence-corrected chi connectivity index (χ1v) is 6.50. The highest BCUT2D eigenvalue weighted by molar-refractivity contribution is 9.10. The van der Waals surface area contributed by atoms with E-state index in [4.69, 9.17) is 11.6 Å². The molecule has 3 nitrogen and oxygen atoms in total. The average Bonchev–Trinajstić information content (AvgIpc) is 2.28. The Morgan fingerprint density at radius 1 is 1.53 bits per heavy atom. The van der Waals surface area contributed by atoms with Gasteiger partial charge in [0, 0.05) is 16.6 Å². The molecule has 1 unspecified atom stereocenters. The van der Waals surface area contributed by atoms with Gasteiger partial charge in [-0.1, -0.05) is 25.4 Å². The first kappa shape index (κ1) is 14.5. The van der Waals surface area contributed by atoms with Crippen molar-refractivity contribution in [2.45, 2.75) is 20.0 Å². The van der Waals surface area contributed by atoms with E-state index in [0.717, 1.165) is 4.47 Å². The summed E-state index contributed by atoms with van der Waals surface area (Å²) in [5.74, 6) is -0.122. The summed E-state index contributed by atoms with van der Waals surface area (Å²) in [5, 5.41) is 12.7. The van der Waals surface area contributed by atoms with Crippen LogP contribution in [0.1, 0.15) is 24.2 Å². The lowest BCUT2D eigenvalue weighted by Gasteiger charge is -2.15. The lowest BCUT2D eigenvalue weighted by molar-refractivity contribution is 0.0871. The number of aliphatic hydroxyl groups is 1. The van der Waals surface area contributed by atoms with Gasteiger partial charge in [-0.25, -0.2) is 0 Å². The summed E-state index contributed by atoms with van der Waals surface area (Å²) < 4.78 is 0.748. The molecule has 0 radical (unpaired) electrons. The Kier molecular flexibility index (Phi) is 5.43. The van der Waals surface area contributed by atoms with Crippen molar-refractivity contribution in [1.82, 2.24) is 5.32 Å². The van der Waals surface area contributed by atoms with Gasteiger partial charge < -0.3 is 10.4 Å². The van der Waals surface area contributed by atoms with E-state index in [9.17, 15) is 9.90 Å². The van der Waals surface area contributed by atoms with Crippen LogP contribution in [0, 0.1) is 5.92 Å². The van der Waals surface area contributed by atoms with E-state index in [1.165, 1.54) is 0 Å². The van der Waals surface area contributed by atoms with Gasteiger partial charge in [-0.15, -0.1) is 0 Å². The number of carbonyl (C=O) groups excluding carboxylic acids is 1. The largest absolute Gasteiger partial charge is 0.391 e. The molecular weight excluding hydrogens is 305 g/mol. The van der Waals surface area contributed by atoms with Gasteiger partial charge in [-0.3, -0.25) is 4.79 Å².